The van der Waals surface area contributed by atoms with Crippen molar-refractivity contribution >= 4 is 49.9 Å². The van der Waals surface area contributed by atoms with Gasteiger partial charge in [-0.2, -0.15) is 0 Å². The van der Waals surface area contributed by atoms with Crippen molar-refractivity contribution in [2.24, 2.45) is 0 Å². The van der Waals surface area contributed by atoms with Gasteiger partial charge in [0.2, 0.25) is 0 Å². The van der Waals surface area contributed by atoms with E-state index >= 15 is 0 Å². The number of carbonyl (C=O) groups excluding carboxylic acids is 1. The second-order valence-electron chi connectivity index (χ2n) is 9.69. The summed E-state index contributed by atoms with van der Waals surface area (Å²) in [5, 5.41) is 12.6. The summed E-state index contributed by atoms with van der Waals surface area (Å²) in [5.41, 5.74) is 1.93. The molecule has 1 atom stereocenters. The summed E-state index contributed by atoms with van der Waals surface area (Å²) >= 11 is 0.860. The normalized spacial score (nSPS) is 12.2. The van der Waals surface area contributed by atoms with Gasteiger partial charge in [0.05, 0.1) is 0 Å². The first kappa shape index (κ1) is 30.7. The molecule has 36 heavy (non-hydrogen) atoms. The summed E-state index contributed by atoms with van der Waals surface area (Å²) in [6.07, 6.45) is 6.75. The molecular weight excluding hydrogens is 625 g/mol. The quantitative estimate of drug-likeness (QED) is 0.183. The molecule has 0 radical (unpaired) electrons. The Morgan fingerprint density at radius 2 is 1.53 bits per heavy atom. The van der Waals surface area contributed by atoms with E-state index in [9.17, 15) is 14.7 Å². The van der Waals surface area contributed by atoms with Crippen LogP contribution in [-0.4, -0.2) is 41.6 Å². The molecular formula is C29H42BrNO4Sn. The number of amides is 1. The average Bonchev–Trinajstić information content (AvgIpc) is 2.88. The van der Waals surface area contributed by atoms with Gasteiger partial charge in [-0.1, -0.05) is 0 Å². The molecule has 0 fully saturated rings. The topological polar surface area (TPSA) is 75.6 Å². The standard InChI is InChI=1S/C17H15BrNO4.3C4H9.Sn/c18-14-8-6-12(7-9-14)10-15(16(20)21)19-17(22)23-11-13-4-2-1-3-5-13;3*1-3-4-2;/h1-6,8-9,15H,10-11H2,(H,19,22)(H,20,21);3*1,3-4H2,2H3;. The van der Waals surface area contributed by atoms with E-state index in [0.29, 0.717) is 0 Å². The van der Waals surface area contributed by atoms with Crippen LogP contribution < -0.4 is 8.90 Å². The Bertz CT molecular complexity index is 932. The first-order valence-electron chi connectivity index (χ1n) is 13.3. The SMILES string of the molecule is CCC[CH2][Sn]([CH2]CCC)([CH2]CCC)[c]1cc(Br)ccc1CC(NC(=O)OCc1ccccc1)C(=O)O. The van der Waals surface area contributed by atoms with Crippen LogP contribution >= 0.6 is 15.9 Å². The van der Waals surface area contributed by atoms with Gasteiger partial charge in [0.1, 0.15) is 0 Å². The third-order valence-corrected chi connectivity index (χ3v) is 23.2. The second kappa shape index (κ2) is 16.3. The molecule has 2 rings (SSSR count). The summed E-state index contributed by atoms with van der Waals surface area (Å²) in [4.78, 5) is 24.7. The molecule has 0 bridgehead atoms. The van der Waals surface area contributed by atoms with Crippen LogP contribution in [0.25, 0.3) is 0 Å². The number of aliphatic carboxylic acids is 1. The Hall–Kier alpha value is -1.54. The van der Waals surface area contributed by atoms with Crippen LogP contribution in [0.4, 0.5) is 4.79 Å². The summed E-state index contributed by atoms with van der Waals surface area (Å²) in [7, 11) is 0. The minimum absolute atomic E-state index is 0.104. The molecule has 198 valence electrons. The first-order valence-corrected chi connectivity index (χ1v) is 21.6. The molecule has 0 aliphatic heterocycles. The molecule has 0 spiro atoms. The zero-order valence-electron chi connectivity index (χ0n) is 22.0. The number of carboxylic acids is 1. The Balaban J connectivity index is 2.32. The van der Waals surface area contributed by atoms with E-state index in [0.717, 1.165) is 15.6 Å². The number of rotatable bonds is 16. The summed E-state index contributed by atoms with van der Waals surface area (Å²) in [5.74, 6) is -1.04. The van der Waals surface area contributed by atoms with Crippen molar-refractivity contribution in [1.82, 2.24) is 5.32 Å². The van der Waals surface area contributed by atoms with Crippen LogP contribution in [0.1, 0.15) is 70.4 Å². The van der Waals surface area contributed by atoms with E-state index in [1.54, 1.807) is 0 Å². The number of hydrogen-bond donors (Lipinski definition) is 2. The predicted octanol–water partition coefficient (Wildman–Crippen LogP) is 7.43. The fraction of sp³-hybridized carbons (Fsp3) is 0.517. The van der Waals surface area contributed by atoms with Crippen LogP contribution in [0.2, 0.25) is 13.3 Å². The number of ether oxygens (including phenoxy) is 1. The van der Waals surface area contributed by atoms with Gasteiger partial charge >= 0.3 is 231 Å². The van der Waals surface area contributed by atoms with Gasteiger partial charge < -0.3 is 0 Å². The monoisotopic (exact) mass is 667 g/mol. The molecule has 2 N–H and O–H groups in total. The molecule has 2 aromatic carbocycles. The molecule has 7 heteroatoms. The van der Waals surface area contributed by atoms with E-state index in [1.807, 2.05) is 36.4 Å². The second-order valence-corrected chi connectivity index (χ2v) is 23.7. The molecule has 1 amide bonds. The van der Waals surface area contributed by atoms with E-state index in [-0.39, 0.29) is 13.0 Å². The Labute approximate surface area is 229 Å². The first-order chi connectivity index (χ1) is 17.3. The Morgan fingerprint density at radius 3 is 2.06 bits per heavy atom. The van der Waals surface area contributed by atoms with Crippen LogP contribution in [0, 0.1) is 0 Å². The van der Waals surface area contributed by atoms with Crippen molar-refractivity contribution < 1.29 is 19.4 Å². The van der Waals surface area contributed by atoms with Gasteiger partial charge in [-0.3, -0.25) is 0 Å². The van der Waals surface area contributed by atoms with Crippen molar-refractivity contribution in [3.05, 3.63) is 64.1 Å². The van der Waals surface area contributed by atoms with Gasteiger partial charge in [-0.25, -0.2) is 0 Å². The zero-order chi connectivity index (χ0) is 26.4. The van der Waals surface area contributed by atoms with Crippen LogP contribution in [-0.2, 0) is 22.6 Å². The van der Waals surface area contributed by atoms with Crippen molar-refractivity contribution in [2.45, 2.75) is 91.7 Å². The van der Waals surface area contributed by atoms with E-state index in [2.05, 4.69) is 54.2 Å². The number of carboxylic acid groups (broad SMARTS) is 1. The average molecular weight is 667 g/mol. The molecule has 0 aliphatic rings. The van der Waals surface area contributed by atoms with Crippen molar-refractivity contribution in [3.63, 3.8) is 0 Å². The Morgan fingerprint density at radius 1 is 0.944 bits per heavy atom. The summed E-state index contributed by atoms with van der Waals surface area (Å²) in [6, 6.07) is 14.7. The van der Waals surface area contributed by atoms with Gasteiger partial charge in [0, 0.05) is 0 Å². The predicted molar refractivity (Wildman–Crippen MR) is 154 cm³/mol. The summed E-state index contributed by atoms with van der Waals surface area (Å²) in [6.45, 7) is 6.86. The van der Waals surface area contributed by atoms with Crippen molar-refractivity contribution in [2.75, 3.05) is 0 Å². The molecule has 0 saturated carbocycles. The number of hydrogen-bond acceptors (Lipinski definition) is 3. The van der Waals surface area contributed by atoms with Gasteiger partial charge in [0.15, 0.2) is 0 Å². The van der Waals surface area contributed by atoms with E-state index in [1.165, 1.54) is 55.4 Å². The molecule has 2 aromatic rings. The van der Waals surface area contributed by atoms with E-state index < -0.39 is 36.5 Å². The van der Waals surface area contributed by atoms with Crippen molar-refractivity contribution in [1.29, 1.82) is 0 Å². The molecule has 0 aliphatic carbocycles. The Kier molecular flexibility index (Phi) is 13.9. The molecule has 0 aromatic heterocycles. The molecule has 0 saturated heterocycles. The fourth-order valence-electron chi connectivity index (χ4n) is 4.87. The third kappa shape index (κ3) is 9.73. The van der Waals surface area contributed by atoms with Gasteiger partial charge in [0.25, 0.3) is 0 Å². The number of nitrogens with one attached hydrogen (secondary N) is 1. The molecule has 0 heterocycles. The number of halogens is 1. The van der Waals surface area contributed by atoms with Gasteiger partial charge in [-0.05, 0) is 0 Å². The molecule has 1 unspecified atom stereocenters. The zero-order valence-corrected chi connectivity index (χ0v) is 26.5. The number of alkyl carbamates (subject to hydrolysis) is 1. The van der Waals surface area contributed by atoms with Crippen LogP contribution in [0.5, 0.6) is 0 Å². The van der Waals surface area contributed by atoms with Gasteiger partial charge in [-0.15, -0.1) is 0 Å². The number of carbonyl (C=O) groups is 2. The maximum atomic E-state index is 12.5. The van der Waals surface area contributed by atoms with Crippen LogP contribution in [0.15, 0.2) is 53.0 Å². The van der Waals surface area contributed by atoms with Crippen molar-refractivity contribution in [3.8, 4) is 0 Å². The van der Waals surface area contributed by atoms with Crippen LogP contribution in [0.3, 0.4) is 0 Å². The summed E-state index contributed by atoms with van der Waals surface area (Å²) < 4.78 is 11.7. The molecule has 5 nitrogen and oxygen atoms in total. The number of benzene rings is 2. The third-order valence-electron chi connectivity index (χ3n) is 6.90. The minimum atomic E-state index is -2.84. The number of unbranched alkanes of at least 4 members (excludes halogenated alkanes) is 3. The maximum absolute atomic E-state index is 12.5. The fourth-order valence-corrected chi connectivity index (χ4v) is 22.9. The van der Waals surface area contributed by atoms with E-state index in [4.69, 9.17) is 4.74 Å².